The number of nitrogens with one attached hydrogen (secondary N) is 1. The molecule has 0 aliphatic heterocycles. The van der Waals surface area contributed by atoms with Gasteiger partial charge in [-0.05, 0) is 37.3 Å². The van der Waals surface area contributed by atoms with Crippen molar-refractivity contribution in [2.45, 2.75) is 11.8 Å². The number of thiazole rings is 1. The summed E-state index contributed by atoms with van der Waals surface area (Å²) in [6, 6.07) is 11.2. The molecule has 0 amide bonds. The van der Waals surface area contributed by atoms with Crippen LogP contribution in [-0.4, -0.2) is 33.1 Å². The Morgan fingerprint density at radius 2 is 2.00 bits per heavy atom. The minimum absolute atomic E-state index is 0.0396. The van der Waals surface area contributed by atoms with Crippen LogP contribution in [0.15, 0.2) is 47.4 Å². The van der Waals surface area contributed by atoms with Crippen LogP contribution in [0.4, 0.5) is 5.13 Å². The molecule has 0 saturated carbocycles. The fourth-order valence-corrected chi connectivity index (χ4v) is 4.68. The van der Waals surface area contributed by atoms with Crippen molar-refractivity contribution >= 4 is 42.7 Å². The number of fused-ring (bicyclic) bond motifs is 1. The Kier molecular flexibility index (Phi) is 5.10. The number of benzene rings is 2. The summed E-state index contributed by atoms with van der Waals surface area (Å²) < 4.78 is 38.7. The van der Waals surface area contributed by atoms with Crippen molar-refractivity contribution in [3.63, 3.8) is 0 Å². The number of rotatable bonds is 6. The number of anilines is 1. The fourth-order valence-electron chi connectivity index (χ4n) is 2.35. The molecule has 0 bridgehead atoms. The molecular weight excluding hydrogens is 376 g/mol. The standard InChI is InChI=1S/C17H16N2O5S2/c1-3-24-11-8-9-13-14(10-11)25-17(18-13)19-26(21,22)15-7-5-4-6-12(15)16(20)23-2/h4-10H,3H2,1-2H3,(H,18,19). The normalized spacial score (nSPS) is 11.3. The third-order valence-electron chi connectivity index (χ3n) is 3.47. The molecule has 0 radical (unpaired) electrons. The van der Waals surface area contributed by atoms with Gasteiger partial charge >= 0.3 is 5.97 Å². The van der Waals surface area contributed by atoms with E-state index in [1.807, 2.05) is 6.92 Å². The highest BCUT2D eigenvalue weighted by atomic mass is 32.2. The van der Waals surface area contributed by atoms with Gasteiger partial charge in [0.1, 0.15) is 10.6 Å². The first kappa shape index (κ1) is 18.2. The van der Waals surface area contributed by atoms with Gasteiger partial charge in [0.05, 0.1) is 29.5 Å². The molecule has 1 aromatic heterocycles. The van der Waals surface area contributed by atoms with Gasteiger partial charge in [0.2, 0.25) is 0 Å². The SMILES string of the molecule is CCOc1ccc2nc(NS(=O)(=O)c3ccccc3C(=O)OC)sc2c1. The summed E-state index contributed by atoms with van der Waals surface area (Å²) in [5, 5.41) is 0.202. The van der Waals surface area contributed by atoms with Crippen LogP contribution in [-0.2, 0) is 14.8 Å². The quantitative estimate of drug-likeness (QED) is 0.647. The Morgan fingerprint density at radius 3 is 2.73 bits per heavy atom. The van der Waals surface area contributed by atoms with Crippen LogP contribution in [0.5, 0.6) is 5.75 Å². The largest absolute Gasteiger partial charge is 0.494 e. The molecule has 9 heteroatoms. The van der Waals surface area contributed by atoms with E-state index in [0.717, 1.165) is 4.70 Å². The highest BCUT2D eigenvalue weighted by Crippen LogP contribution is 2.31. The summed E-state index contributed by atoms with van der Waals surface area (Å²) in [7, 11) is -2.80. The maximum atomic E-state index is 12.7. The zero-order chi connectivity index (χ0) is 18.7. The van der Waals surface area contributed by atoms with Crippen molar-refractivity contribution in [3.8, 4) is 5.75 Å². The number of ether oxygens (including phenoxy) is 2. The minimum Gasteiger partial charge on any atom is -0.494 e. The number of hydrogen-bond donors (Lipinski definition) is 1. The lowest BCUT2D eigenvalue weighted by atomic mass is 10.2. The van der Waals surface area contributed by atoms with E-state index in [2.05, 4.69) is 14.4 Å². The molecule has 7 nitrogen and oxygen atoms in total. The zero-order valence-electron chi connectivity index (χ0n) is 14.1. The Morgan fingerprint density at radius 1 is 1.23 bits per heavy atom. The molecule has 0 aliphatic carbocycles. The highest BCUT2D eigenvalue weighted by Gasteiger charge is 2.23. The van der Waals surface area contributed by atoms with Crippen LogP contribution in [0, 0.1) is 0 Å². The van der Waals surface area contributed by atoms with E-state index in [-0.39, 0.29) is 15.6 Å². The second-order valence-electron chi connectivity index (χ2n) is 5.17. The number of methoxy groups -OCH3 is 1. The topological polar surface area (TPSA) is 94.6 Å². The van der Waals surface area contributed by atoms with Gasteiger partial charge in [0.15, 0.2) is 5.13 Å². The number of carbonyl (C=O) groups is 1. The van der Waals surface area contributed by atoms with Crippen LogP contribution in [0.1, 0.15) is 17.3 Å². The van der Waals surface area contributed by atoms with Crippen LogP contribution >= 0.6 is 11.3 Å². The molecule has 26 heavy (non-hydrogen) atoms. The highest BCUT2D eigenvalue weighted by molar-refractivity contribution is 7.93. The maximum Gasteiger partial charge on any atom is 0.339 e. The number of esters is 1. The van der Waals surface area contributed by atoms with E-state index in [9.17, 15) is 13.2 Å². The maximum absolute atomic E-state index is 12.7. The molecule has 1 heterocycles. The van der Waals surface area contributed by atoms with E-state index < -0.39 is 16.0 Å². The molecule has 1 N–H and O–H groups in total. The first-order chi connectivity index (χ1) is 12.4. The number of aromatic nitrogens is 1. The van der Waals surface area contributed by atoms with Crippen molar-refractivity contribution < 1.29 is 22.7 Å². The molecule has 2 aromatic carbocycles. The van der Waals surface area contributed by atoms with Gasteiger partial charge in [0.25, 0.3) is 10.0 Å². The van der Waals surface area contributed by atoms with Crippen LogP contribution in [0.2, 0.25) is 0 Å². The molecule has 0 aliphatic rings. The number of carbonyl (C=O) groups excluding carboxylic acids is 1. The van der Waals surface area contributed by atoms with E-state index in [1.54, 1.807) is 24.3 Å². The molecule has 3 rings (SSSR count). The fraction of sp³-hybridized carbons (Fsp3) is 0.176. The van der Waals surface area contributed by atoms with Gasteiger partial charge in [-0.25, -0.2) is 18.2 Å². The Balaban J connectivity index is 1.95. The number of hydrogen-bond acceptors (Lipinski definition) is 7. The number of nitrogens with zero attached hydrogens (tertiary/aromatic N) is 1. The third-order valence-corrected chi connectivity index (χ3v) is 5.93. The summed E-state index contributed by atoms with van der Waals surface area (Å²) in [6.45, 7) is 2.42. The third kappa shape index (κ3) is 3.63. The summed E-state index contributed by atoms with van der Waals surface area (Å²) >= 11 is 1.18. The first-order valence-electron chi connectivity index (χ1n) is 7.68. The molecular formula is C17H16N2O5S2. The van der Waals surface area contributed by atoms with Gasteiger partial charge in [0, 0.05) is 0 Å². The minimum atomic E-state index is -4.00. The van der Waals surface area contributed by atoms with Gasteiger partial charge in [-0.2, -0.15) is 0 Å². The average molecular weight is 392 g/mol. The second-order valence-corrected chi connectivity index (χ2v) is 7.86. The Labute approximate surface area is 154 Å². The lowest BCUT2D eigenvalue weighted by Gasteiger charge is -2.09. The summed E-state index contributed by atoms with van der Waals surface area (Å²) in [5.74, 6) is -0.0364. The number of sulfonamides is 1. The molecule has 136 valence electrons. The predicted octanol–water partition coefficient (Wildman–Crippen LogP) is 3.28. The summed E-state index contributed by atoms with van der Waals surface area (Å²) in [5.41, 5.74) is 0.611. The van der Waals surface area contributed by atoms with Crippen LogP contribution < -0.4 is 9.46 Å². The summed E-state index contributed by atoms with van der Waals surface area (Å²) in [4.78, 5) is 15.9. The average Bonchev–Trinajstić information content (AvgIpc) is 3.02. The van der Waals surface area contributed by atoms with E-state index in [4.69, 9.17) is 4.74 Å². The molecule has 0 atom stereocenters. The van der Waals surface area contributed by atoms with E-state index in [0.29, 0.717) is 17.9 Å². The Hall–Kier alpha value is -2.65. The lowest BCUT2D eigenvalue weighted by molar-refractivity contribution is 0.0596. The van der Waals surface area contributed by atoms with Crippen LogP contribution in [0.3, 0.4) is 0 Å². The van der Waals surface area contributed by atoms with E-state index in [1.165, 1.54) is 36.6 Å². The molecule has 3 aromatic rings. The molecule has 0 saturated heterocycles. The predicted molar refractivity (Wildman–Crippen MR) is 99.4 cm³/mol. The van der Waals surface area contributed by atoms with Crippen molar-refractivity contribution in [1.29, 1.82) is 0 Å². The monoisotopic (exact) mass is 392 g/mol. The van der Waals surface area contributed by atoms with E-state index >= 15 is 0 Å². The molecule has 0 fully saturated rings. The van der Waals surface area contributed by atoms with Gasteiger partial charge in [-0.3, -0.25) is 4.72 Å². The Bertz CT molecular complexity index is 1060. The van der Waals surface area contributed by atoms with Crippen molar-refractivity contribution in [2.75, 3.05) is 18.4 Å². The first-order valence-corrected chi connectivity index (χ1v) is 9.98. The molecule has 0 unspecified atom stereocenters. The van der Waals surface area contributed by atoms with Crippen molar-refractivity contribution in [1.82, 2.24) is 4.98 Å². The van der Waals surface area contributed by atoms with Crippen LogP contribution in [0.25, 0.3) is 10.2 Å². The van der Waals surface area contributed by atoms with Gasteiger partial charge in [-0.1, -0.05) is 23.5 Å². The van der Waals surface area contributed by atoms with Crippen molar-refractivity contribution in [3.05, 3.63) is 48.0 Å². The lowest BCUT2D eigenvalue weighted by Crippen LogP contribution is -2.17. The van der Waals surface area contributed by atoms with Gasteiger partial charge < -0.3 is 9.47 Å². The molecule has 0 spiro atoms. The van der Waals surface area contributed by atoms with Crippen molar-refractivity contribution in [2.24, 2.45) is 0 Å². The summed E-state index contributed by atoms with van der Waals surface area (Å²) in [6.07, 6.45) is 0. The second kappa shape index (κ2) is 7.30. The zero-order valence-corrected chi connectivity index (χ0v) is 15.7. The smallest absolute Gasteiger partial charge is 0.339 e. The van der Waals surface area contributed by atoms with Gasteiger partial charge in [-0.15, -0.1) is 0 Å².